The van der Waals surface area contributed by atoms with Crippen molar-refractivity contribution in [3.8, 4) is 0 Å². The molecule has 0 aliphatic carbocycles. The van der Waals surface area contributed by atoms with Gasteiger partial charge in [0.15, 0.2) is 0 Å². The monoisotopic (exact) mass is 267 g/mol. The van der Waals surface area contributed by atoms with Gasteiger partial charge >= 0.3 is 12.0 Å². The van der Waals surface area contributed by atoms with Gasteiger partial charge < -0.3 is 15.7 Å². The van der Waals surface area contributed by atoms with E-state index in [1.54, 1.807) is 0 Å². The average molecular weight is 267 g/mol. The molecule has 1 aromatic rings. The number of hydrogen-bond donors (Lipinski definition) is 3. The molecule has 2 amide bonds. The van der Waals surface area contributed by atoms with E-state index in [0.717, 1.165) is 0 Å². The highest BCUT2D eigenvalue weighted by Gasteiger charge is 2.06. The second kappa shape index (κ2) is 6.94. The summed E-state index contributed by atoms with van der Waals surface area (Å²) in [6.07, 6.45) is 0.320. The lowest BCUT2D eigenvalue weighted by Gasteiger charge is -2.06. The molecular weight excluding hydrogens is 254 g/mol. The van der Waals surface area contributed by atoms with Gasteiger partial charge in [-0.3, -0.25) is 14.9 Å². The van der Waals surface area contributed by atoms with E-state index < -0.39 is 16.9 Å². The number of carboxylic acid groups (broad SMARTS) is 1. The number of amides is 2. The van der Waals surface area contributed by atoms with Crippen LogP contribution in [-0.4, -0.2) is 28.6 Å². The van der Waals surface area contributed by atoms with Gasteiger partial charge in [0.05, 0.1) is 4.92 Å². The molecule has 0 spiro atoms. The van der Waals surface area contributed by atoms with Gasteiger partial charge in [-0.15, -0.1) is 0 Å². The summed E-state index contributed by atoms with van der Waals surface area (Å²) >= 11 is 0. The number of carboxylic acids is 1. The van der Waals surface area contributed by atoms with E-state index in [4.69, 9.17) is 5.11 Å². The Morgan fingerprint density at radius 2 is 1.89 bits per heavy atom. The molecule has 0 atom stereocenters. The highest BCUT2D eigenvalue weighted by Crippen LogP contribution is 2.15. The van der Waals surface area contributed by atoms with Crippen molar-refractivity contribution in [2.45, 2.75) is 12.8 Å². The summed E-state index contributed by atoms with van der Waals surface area (Å²) < 4.78 is 0. The largest absolute Gasteiger partial charge is 0.481 e. The fourth-order valence-electron chi connectivity index (χ4n) is 1.28. The maximum absolute atomic E-state index is 11.4. The molecule has 0 fully saturated rings. The number of nitro benzene ring substituents is 1. The minimum absolute atomic E-state index is 0.0161. The summed E-state index contributed by atoms with van der Waals surface area (Å²) in [6, 6.07) is 4.89. The second-order valence-electron chi connectivity index (χ2n) is 3.68. The average Bonchev–Trinajstić information content (AvgIpc) is 2.35. The van der Waals surface area contributed by atoms with Gasteiger partial charge in [0.25, 0.3) is 5.69 Å². The van der Waals surface area contributed by atoms with Crippen molar-refractivity contribution >= 4 is 23.4 Å². The molecule has 19 heavy (non-hydrogen) atoms. The van der Waals surface area contributed by atoms with Crippen LogP contribution in [0.1, 0.15) is 12.8 Å². The van der Waals surface area contributed by atoms with Crippen LogP contribution in [0, 0.1) is 10.1 Å². The maximum Gasteiger partial charge on any atom is 0.319 e. The van der Waals surface area contributed by atoms with E-state index in [9.17, 15) is 19.7 Å². The third-order valence-electron chi connectivity index (χ3n) is 2.19. The first-order valence-electron chi connectivity index (χ1n) is 5.50. The molecule has 8 heteroatoms. The Morgan fingerprint density at radius 1 is 1.26 bits per heavy atom. The number of hydrogen-bond acceptors (Lipinski definition) is 4. The third-order valence-corrected chi connectivity index (χ3v) is 2.19. The van der Waals surface area contributed by atoms with E-state index in [1.807, 2.05) is 0 Å². The van der Waals surface area contributed by atoms with Crippen LogP contribution in [0.3, 0.4) is 0 Å². The van der Waals surface area contributed by atoms with Gasteiger partial charge in [0.1, 0.15) is 0 Å². The molecule has 0 heterocycles. The number of urea groups is 1. The van der Waals surface area contributed by atoms with Crippen molar-refractivity contribution < 1.29 is 19.6 Å². The zero-order valence-electron chi connectivity index (χ0n) is 9.96. The number of carbonyl (C=O) groups is 2. The Balaban J connectivity index is 2.35. The number of nitrogens with one attached hydrogen (secondary N) is 2. The van der Waals surface area contributed by atoms with Gasteiger partial charge in [-0.2, -0.15) is 0 Å². The highest BCUT2D eigenvalue weighted by molar-refractivity contribution is 5.89. The SMILES string of the molecule is O=C(O)CCCNC(=O)Nc1ccc([N+](=O)[O-])cc1. The third kappa shape index (κ3) is 5.48. The zero-order chi connectivity index (χ0) is 14.3. The molecule has 1 aromatic carbocycles. The van der Waals surface area contributed by atoms with Crippen LogP contribution in [0.4, 0.5) is 16.2 Å². The lowest BCUT2D eigenvalue weighted by Crippen LogP contribution is -2.29. The Morgan fingerprint density at radius 3 is 2.42 bits per heavy atom. The van der Waals surface area contributed by atoms with Gasteiger partial charge in [0, 0.05) is 30.8 Å². The topological polar surface area (TPSA) is 122 Å². The molecule has 0 radical (unpaired) electrons. The van der Waals surface area contributed by atoms with Gasteiger partial charge in [-0.1, -0.05) is 0 Å². The van der Waals surface area contributed by atoms with E-state index in [-0.39, 0.29) is 18.7 Å². The first-order chi connectivity index (χ1) is 8.99. The summed E-state index contributed by atoms with van der Waals surface area (Å²) in [6.45, 7) is 0.241. The number of benzene rings is 1. The number of nitrogens with zero attached hydrogens (tertiary/aromatic N) is 1. The Bertz CT molecular complexity index is 472. The van der Waals surface area contributed by atoms with Crippen molar-refractivity contribution in [2.75, 3.05) is 11.9 Å². The van der Waals surface area contributed by atoms with Crippen LogP contribution < -0.4 is 10.6 Å². The van der Waals surface area contributed by atoms with Crippen LogP contribution in [-0.2, 0) is 4.79 Å². The van der Waals surface area contributed by atoms with Gasteiger partial charge in [-0.25, -0.2) is 4.79 Å². The number of anilines is 1. The van der Waals surface area contributed by atoms with E-state index in [2.05, 4.69) is 10.6 Å². The molecule has 0 bridgehead atoms. The predicted octanol–water partition coefficient (Wildman–Crippen LogP) is 1.58. The quantitative estimate of drug-likeness (QED) is 0.410. The van der Waals surface area contributed by atoms with Crippen LogP contribution in [0.15, 0.2) is 24.3 Å². The standard InChI is InChI=1S/C11H13N3O5/c15-10(16)2-1-7-12-11(17)13-8-3-5-9(6-4-8)14(18)19/h3-6H,1-2,7H2,(H,15,16)(H2,12,13,17). The lowest BCUT2D eigenvalue weighted by molar-refractivity contribution is -0.384. The van der Waals surface area contributed by atoms with E-state index in [1.165, 1.54) is 24.3 Å². The van der Waals surface area contributed by atoms with Crippen molar-refractivity contribution in [3.05, 3.63) is 34.4 Å². The molecule has 0 saturated carbocycles. The summed E-state index contributed by atoms with van der Waals surface area (Å²) in [7, 11) is 0. The number of rotatable bonds is 6. The molecule has 0 aliphatic heterocycles. The molecule has 8 nitrogen and oxygen atoms in total. The summed E-state index contributed by atoms with van der Waals surface area (Å²) in [5, 5.41) is 23.8. The van der Waals surface area contributed by atoms with Crippen molar-refractivity contribution in [2.24, 2.45) is 0 Å². The Hall–Kier alpha value is -2.64. The molecule has 0 aromatic heterocycles. The van der Waals surface area contributed by atoms with Gasteiger partial charge in [-0.05, 0) is 18.6 Å². The molecule has 0 saturated heterocycles. The molecular formula is C11H13N3O5. The molecule has 1 rings (SSSR count). The molecule has 0 unspecified atom stereocenters. The Labute approximate surface area is 108 Å². The second-order valence-corrected chi connectivity index (χ2v) is 3.68. The summed E-state index contributed by atoms with van der Waals surface area (Å²) in [4.78, 5) is 31.5. The zero-order valence-corrected chi connectivity index (χ0v) is 9.96. The maximum atomic E-state index is 11.4. The minimum Gasteiger partial charge on any atom is -0.481 e. The Kier molecular flexibility index (Phi) is 5.27. The van der Waals surface area contributed by atoms with Crippen LogP contribution in [0.2, 0.25) is 0 Å². The van der Waals surface area contributed by atoms with Gasteiger partial charge in [0.2, 0.25) is 0 Å². The number of non-ortho nitro benzene ring substituents is 1. The number of nitro groups is 1. The first-order valence-corrected chi connectivity index (χ1v) is 5.50. The van der Waals surface area contributed by atoms with Crippen LogP contribution in [0.25, 0.3) is 0 Å². The summed E-state index contributed by atoms with van der Waals surface area (Å²) in [5.41, 5.74) is 0.355. The minimum atomic E-state index is -0.919. The molecule has 0 aliphatic rings. The highest BCUT2D eigenvalue weighted by atomic mass is 16.6. The van der Waals surface area contributed by atoms with Crippen LogP contribution >= 0.6 is 0 Å². The number of aliphatic carboxylic acids is 1. The van der Waals surface area contributed by atoms with Crippen molar-refractivity contribution in [1.82, 2.24) is 5.32 Å². The van der Waals surface area contributed by atoms with Crippen LogP contribution in [0.5, 0.6) is 0 Å². The lowest BCUT2D eigenvalue weighted by atomic mass is 10.3. The van der Waals surface area contributed by atoms with E-state index >= 15 is 0 Å². The van der Waals surface area contributed by atoms with Crippen molar-refractivity contribution in [1.29, 1.82) is 0 Å². The van der Waals surface area contributed by atoms with Crippen molar-refractivity contribution in [3.63, 3.8) is 0 Å². The summed E-state index contributed by atoms with van der Waals surface area (Å²) in [5.74, 6) is -0.919. The smallest absolute Gasteiger partial charge is 0.319 e. The molecule has 102 valence electrons. The predicted molar refractivity (Wildman–Crippen MR) is 67.0 cm³/mol. The number of carbonyl (C=O) groups excluding carboxylic acids is 1. The first kappa shape index (κ1) is 14.4. The molecule has 3 N–H and O–H groups in total. The fraction of sp³-hybridized carbons (Fsp3) is 0.273. The fourth-order valence-corrected chi connectivity index (χ4v) is 1.28. The van der Waals surface area contributed by atoms with E-state index in [0.29, 0.717) is 12.1 Å². The normalized spacial score (nSPS) is 9.68.